The molecule has 0 amide bonds. The Kier molecular flexibility index (Phi) is 3.34. The molecule has 0 bridgehead atoms. The smallest absolute Gasteiger partial charge is 0.0769 e. The van der Waals surface area contributed by atoms with Crippen molar-refractivity contribution in [1.82, 2.24) is 4.98 Å². The molecule has 3 rings (SSSR count). The van der Waals surface area contributed by atoms with Gasteiger partial charge in [0.05, 0.1) is 23.6 Å². The molecule has 1 unspecified atom stereocenters. The molecule has 0 saturated heterocycles. The Morgan fingerprint density at radius 3 is 2.95 bits per heavy atom. The molecule has 1 aliphatic rings. The van der Waals surface area contributed by atoms with E-state index in [-0.39, 0.29) is 0 Å². The predicted octanol–water partition coefficient (Wildman–Crippen LogP) is 3.41. The summed E-state index contributed by atoms with van der Waals surface area (Å²) in [6.07, 6.45) is 3.73. The van der Waals surface area contributed by atoms with E-state index in [2.05, 4.69) is 53.6 Å². The van der Waals surface area contributed by atoms with Crippen LogP contribution in [0.4, 0.5) is 11.4 Å². The van der Waals surface area contributed by atoms with Crippen molar-refractivity contribution in [1.29, 1.82) is 0 Å². The molecular weight excluding hydrogens is 254 g/mol. The number of nitrogens with zero attached hydrogens (tertiary/aromatic N) is 2. The topological polar surface area (TPSA) is 28.2 Å². The molecule has 98 valence electrons. The second kappa shape index (κ2) is 5.13. The summed E-state index contributed by atoms with van der Waals surface area (Å²) in [6, 6.07) is 11.0. The van der Waals surface area contributed by atoms with Crippen LogP contribution in [0.3, 0.4) is 0 Å². The second-order valence-electron chi connectivity index (χ2n) is 4.83. The highest BCUT2D eigenvalue weighted by Gasteiger charge is 2.23. The largest absolute Gasteiger partial charge is 0.376 e. The first-order valence-corrected chi connectivity index (χ1v) is 7.34. The fourth-order valence-corrected chi connectivity index (χ4v) is 3.52. The first kappa shape index (κ1) is 12.4. The van der Waals surface area contributed by atoms with Crippen LogP contribution in [0, 0.1) is 0 Å². The number of nitrogens with one attached hydrogen (secondary N) is 1. The average Bonchev–Trinajstić information content (AvgIpc) is 2.83. The van der Waals surface area contributed by atoms with Crippen LogP contribution in [0.15, 0.2) is 47.6 Å². The summed E-state index contributed by atoms with van der Waals surface area (Å²) in [6.45, 7) is 0. The Labute approximate surface area is 118 Å². The minimum Gasteiger partial charge on any atom is -0.376 e. The van der Waals surface area contributed by atoms with E-state index in [0.717, 1.165) is 11.4 Å². The maximum absolute atomic E-state index is 4.23. The van der Waals surface area contributed by atoms with Gasteiger partial charge in [-0.1, -0.05) is 18.2 Å². The van der Waals surface area contributed by atoms with Crippen LogP contribution < -0.4 is 10.2 Å². The van der Waals surface area contributed by atoms with E-state index >= 15 is 0 Å². The Morgan fingerprint density at radius 1 is 1.26 bits per heavy atom. The van der Waals surface area contributed by atoms with Gasteiger partial charge in [0, 0.05) is 30.9 Å². The van der Waals surface area contributed by atoms with Crippen molar-refractivity contribution in [3.8, 4) is 0 Å². The number of aromatic nitrogens is 1. The summed E-state index contributed by atoms with van der Waals surface area (Å²) in [5.74, 6) is 1.07. The van der Waals surface area contributed by atoms with Gasteiger partial charge in [-0.05, 0) is 17.7 Å². The van der Waals surface area contributed by atoms with Gasteiger partial charge in [-0.3, -0.25) is 4.98 Å². The highest BCUT2D eigenvalue weighted by atomic mass is 32.2. The number of hydrogen-bond donors (Lipinski definition) is 1. The van der Waals surface area contributed by atoms with Gasteiger partial charge in [0.25, 0.3) is 0 Å². The SMILES string of the molecule is CN(C)c1ccncc1NC1CSc2ccccc21. The lowest BCUT2D eigenvalue weighted by molar-refractivity contribution is 0.895. The standard InChI is InChI=1S/C15H17N3S/c1-18(2)14-7-8-16-9-12(14)17-13-10-19-15-6-4-3-5-11(13)15/h3-9,13,17H,10H2,1-2H3. The van der Waals surface area contributed by atoms with Crippen molar-refractivity contribution in [3.63, 3.8) is 0 Å². The van der Waals surface area contributed by atoms with Gasteiger partial charge in [0.15, 0.2) is 0 Å². The maximum atomic E-state index is 4.23. The molecule has 0 saturated carbocycles. The van der Waals surface area contributed by atoms with Gasteiger partial charge < -0.3 is 10.2 Å². The molecule has 1 atom stereocenters. The predicted molar refractivity (Wildman–Crippen MR) is 82.1 cm³/mol. The third-order valence-electron chi connectivity index (χ3n) is 3.31. The van der Waals surface area contributed by atoms with Gasteiger partial charge in [0.2, 0.25) is 0 Å². The molecule has 1 aromatic heterocycles. The number of anilines is 2. The molecule has 1 aromatic carbocycles. The fraction of sp³-hybridized carbons (Fsp3) is 0.267. The van der Waals surface area contributed by atoms with E-state index < -0.39 is 0 Å². The minimum atomic E-state index is 0.365. The fourth-order valence-electron chi connectivity index (χ4n) is 2.36. The monoisotopic (exact) mass is 271 g/mol. The Bertz CT molecular complexity index is 583. The van der Waals surface area contributed by atoms with E-state index in [1.165, 1.54) is 16.1 Å². The van der Waals surface area contributed by atoms with Crippen molar-refractivity contribution < 1.29 is 0 Å². The zero-order valence-electron chi connectivity index (χ0n) is 11.1. The van der Waals surface area contributed by atoms with Crippen molar-refractivity contribution in [3.05, 3.63) is 48.3 Å². The van der Waals surface area contributed by atoms with E-state index in [9.17, 15) is 0 Å². The second-order valence-corrected chi connectivity index (χ2v) is 5.89. The Morgan fingerprint density at radius 2 is 2.11 bits per heavy atom. The van der Waals surface area contributed by atoms with Crippen molar-refractivity contribution in [2.75, 3.05) is 30.1 Å². The van der Waals surface area contributed by atoms with Gasteiger partial charge in [0.1, 0.15) is 0 Å². The summed E-state index contributed by atoms with van der Waals surface area (Å²) in [4.78, 5) is 7.72. The number of rotatable bonds is 3. The lowest BCUT2D eigenvalue weighted by atomic mass is 10.1. The quantitative estimate of drug-likeness (QED) is 0.926. The first-order valence-electron chi connectivity index (χ1n) is 6.35. The molecule has 0 fully saturated rings. The molecule has 1 aliphatic heterocycles. The molecule has 2 heterocycles. The van der Waals surface area contributed by atoms with Crippen LogP contribution in [0.5, 0.6) is 0 Å². The van der Waals surface area contributed by atoms with Crippen LogP contribution in [0.25, 0.3) is 0 Å². The first-order chi connectivity index (χ1) is 9.25. The van der Waals surface area contributed by atoms with Crippen molar-refractivity contribution in [2.24, 2.45) is 0 Å². The van der Waals surface area contributed by atoms with Crippen LogP contribution in [-0.4, -0.2) is 24.8 Å². The van der Waals surface area contributed by atoms with E-state index in [4.69, 9.17) is 0 Å². The molecule has 0 radical (unpaired) electrons. The van der Waals surface area contributed by atoms with Gasteiger partial charge in [-0.2, -0.15) is 0 Å². The third kappa shape index (κ3) is 2.40. The molecule has 1 N–H and O–H groups in total. The molecule has 0 aliphatic carbocycles. The lowest BCUT2D eigenvalue weighted by Gasteiger charge is -2.21. The zero-order chi connectivity index (χ0) is 13.2. The van der Waals surface area contributed by atoms with Crippen LogP contribution >= 0.6 is 11.8 Å². The van der Waals surface area contributed by atoms with Crippen LogP contribution in [-0.2, 0) is 0 Å². The number of fused-ring (bicyclic) bond motifs is 1. The Hall–Kier alpha value is -1.68. The maximum Gasteiger partial charge on any atom is 0.0769 e. The zero-order valence-corrected chi connectivity index (χ0v) is 11.9. The van der Waals surface area contributed by atoms with E-state index in [1.807, 2.05) is 30.2 Å². The highest BCUT2D eigenvalue weighted by Crippen LogP contribution is 2.40. The summed E-state index contributed by atoms with van der Waals surface area (Å²) >= 11 is 1.91. The van der Waals surface area contributed by atoms with Gasteiger partial charge >= 0.3 is 0 Å². The number of pyridine rings is 1. The molecule has 0 spiro atoms. The minimum absolute atomic E-state index is 0.365. The molecule has 4 heteroatoms. The lowest BCUT2D eigenvalue weighted by Crippen LogP contribution is -2.15. The van der Waals surface area contributed by atoms with Crippen molar-refractivity contribution >= 4 is 23.1 Å². The normalized spacial score (nSPS) is 17.1. The van der Waals surface area contributed by atoms with E-state index in [0.29, 0.717) is 6.04 Å². The van der Waals surface area contributed by atoms with E-state index in [1.54, 1.807) is 0 Å². The van der Waals surface area contributed by atoms with Gasteiger partial charge in [-0.15, -0.1) is 11.8 Å². The van der Waals surface area contributed by atoms with Crippen LogP contribution in [0.2, 0.25) is 0 Å². The highest BCUT2D eigenvalue weighted by molar-refractivity contribution is 7.99. The summed E-state index contributed by atoms with van der Waals surface area (Å²) in [5.41, 5.74) is 3.65. The van der Waals surface area contributed by atoms with Crippen molar-refractivity contribution in [2.45, 2.75) is 10.9 Å². The molecular formula is C15H17N3S. The van der Waals surface area contributed by atoms with Gasteiger partial charge in [-0.25, -0.2) is 0 Å². The molecule has 3 nitrogen and oxygen atoms in total. The summed E-state index contributed by atoms with van der Waals surface area (Å²) < 4.78 is 0. The summed E-state index contributed by atoms with van der Waals surface area (Å²) in [5, 5.41) is 3.62. The average molecular weight is 271 g/mol. The third-order valence-corrected chi connectivity index (χ3v) is 4.49. The summed E-state index contributed by atoms with van der Waals surface area (Å²) in [7, 11) is 4.11. The number of thioether (sulfide) groups is 1. The molecule has 2 aromatic rings. The number of hydrogen-bond acceptors (Lipinski definition) is 4. The Balaban J connectivity index is 1.88. The van der Waals surface area contributed by atoms with Crippen LogP contribution in [0.1, 0.15) is 11.6 Å². The molecule has 19 heavy (non-hydrogen) atoms. The number of benzene rings is 1.